The molecule has 27 heavy (non-hydrogen) atoms. The molecule has 1 saturated heterocycles. The second-order valence-electron chi connectivity index (χ2n) is 6.62. The minimum absolute atomic E-state index is 0.242. The van der Waals surface area contributed by atoms with Crippen LogP contribution in [0.3, 0.4) is 0 Å². The van der Waals surface area contributed by atoms with Crippen molar-refractivity contribution in [2.45, 2.75) is 24.8 Å². The van der Waals surface area contributed by atoms with Crippen LogP contribution in [0.2, 0.25) is 0 Å². The molecule has 2 amide bonds. The van der Waals surface area contributed by atoms with Gasteiger partial charge in [0.25, 0.3) is 0 Å². The van der Waals surface area contributed by atoms with E-state index in [0.29, 0.717) is 26.3 Å². The van der Waals surface area contributed by atoms with Crippen molar-refractivity contribution in [3.63, 3.8) is 0 Å². The van der Waals surface area contributed by atoms with Crippen molar-refractivity contribution in [3.8, 4) is 5.75 Å². The van der Waals surface area contributed by atoms with Crippen LogP contribution < -0.4 is 15.4 Å². The number of hydrogen-bond acceptors (Lipinski definition) is 5. The van der Waals surface area contributed by atoms with Gasteiger partial charge in [0, 0.05) is 31.7 Å². The largest absolute Gasteiger partial charge is 0.497 e. The van der Waals surface area contributed by atoms with Gasteiger partial charge in [0.15, 0.2) is 0 Å². The lowest BCUT2D eigenvalue weighted by atomic mass is 9.74. The van der Waals surface area contributed by atoms with Gasteiger partial charge in [-0.2, -0.15) is 11.3 Å². The molecule has 2 heterocycles. The Labute approximate surface area is 162 Å². The van der Waals surface area contributed by atoms with Crippen molar-refractivity contribution < 1.29 is 19.1 Å². The van der Waals surface area contributed by atoms with Crippen LogP contribution in [0.25, 0.3) is 0 Å². The summed E-state index contributed by atoms with van der Waals surface area (Å²) in [5.74, 6) is -0.430. The van der Waals surface area contributed by atoms with Gasteiger partial charge in [0.2, 0.25) is 0 Å². The molecule has 1 aromatic heterocycles. The number of methoxy groups -OCH3 is 1. The molecule has 1 aliphatic heterocycles. The first kappa shape index (κ1) is 19.4. The number of carbonyl (C=O) groups is 2. The Morgan fingerprint density at radius 1 is 1.11 bits per heavy atom. The fourth-order valence-corrected chi connectivity index (χ4v) is 3.93. The van der Waals surface area contributed by atoms with E-state index in [0.717, 1.165) is 29.7 Å². The maximum absolute atomic E-state index is 12.2. The minimum Gasteiger partial charge on any atom is -0.497 e. The summed E-state index contributed by atoms with van der Waals surface area (Å²) < 4.78 is 10.7. The van der Waals surface area contributed by atoms with E-state index in [9.17, 15) is 9.59 Å². The molecule has 7 heteroatoms. The summed E-state index contributed by atoms with van der Waals surface area (Å²) in [6.45, 7) is 2.01. The molecule has 1 aliphatic rings. The zero-order valence-corrected chi connectivity index (χ0v) is 16.1. The van der Waals surface area contributed by atoms with Gasteiger partial charge in [-0.3, -0.25) is 9.59 Å². The summed E-state index contributed by atoms with van der Waals surface area (Å²) in [6.07, 6.45) is 1.58. The van der Waals surface area contributed by atoms with Crippen LogP contribution in [0.1, 0.15) is 24.0 Å². The Bertz CT molecular complexity index is 753. The lowest BCUT2D eigenvalue weighted by Crippen LogP contribution is -2.48. The highest BCUT2D eigenvalue weighted by atomic mass is 32.1. The minimum atomic E-state index is -0.613. The van der Waals surface area contributed by atoms with Gasteiger partial charge >= 0.3 is 11.8 Å². The van der Waals surface area contributed by atoms with Gasteiger partial charge in [0.05, 0.1) is 7.11 Å². The molecule has 3 rings (SSSR count). The third-order valence-electron chi connectivity index (χ3n) is 4.98. The number of nitrogens with one attached hydrogen (secondary N) is 2. The van der Waals surface area contributed by atoms with Crippen LogP contribution in [0.4, 0.5) is 0 Å². The number of ether oxygens (including phenoxy) is 2. The van der Waals surface area contributed by atoms with E-state index in [1.165, 1.54) is 0 Å². The molecule has 0 aliphatic carbocycles. The Balaban J connectivity index is 1.62. The predicted molar refractivity (Wildman–Crippen MR) is 104 cm³/mol. The van der Waals surface area contributed by atoms with E-state index >= 15 is 0 Å². The third-order valence-corrected chi connectivity index (χ3v) is 5.71. The molecule has 2 aromatic rings. The average Bonchev–Trinajstić information content (AvgIpc) is 3.24. The summed E-state index contributed by atoms with van der Waals surface area (Å²) >= 11 is 1.56. The maximum atomic E-state index is 12.2. The number of hydrogen-bond donors (Lipinski definition) is 2. The fourth-order valence-electron chi connectivity index (χ4n) is 3.26. The molecule has 1 aromatic carbocycles. The zero-order valence-electron chi connectivity index (χ0n) is 15.3. The van der Waals surface area contributed by atoms with Crippen LogP contribution in [-0.2, 0) is 26.3 Å². The highest BCUT2D eigenvalue weighted by Crippen LogP contribution is 2.35. The molecule has 0 atom stereocenters. The predicted octanol–water partition coefficient (Wildman–Crippen LogP) is 2.24. The van der Waals surface area contributed by atoms with Crippen molar-refractivity contribution in [2.24, 2.45) is 0 Å². The number of thiophene rings is 1. The Morgan fingerprint density at radius 3 is 2.44 bits per heavy atom. The van der Waals surface area contributed by atoms with Crippen LogP contribution in [0.5, 0.6) is 5.75 Å². The highest BCUT2D eigenvalue weighted by Gasteiger charge is 2.35. The van der Waals surface area contributed by atoms with Gasteiger partial charge < -0.3 is 20.1 Å². The first-order chi connectivity index (χ1) is 13.1. The summed E-state index contributed by atoms with van der Waals surface area (Å²) in [7, 11) is 1.63. The molecule has 0 radical (unpaired) electrons. The molecule has 6 nitrogen and oxygen atoms in total. The van der Waals surface area contributed by atoms with Gasteiger partial charge in [-0.25, -0.2) is 0 Å². The molecule has 0 bridgehead atoms. The summed E-state index contributed by atoms with van der Waals surface area (Å²) in [6, 6.07) is 9.80. The summed E-state index contributed by atoms with van der Waals surface area (Å²) in [4.78, 5) is 24.3. The Kier molecular flexibility index (Phi) is 6.47. The van der Waals surface area contributed by atoms with Crippen molar-refractivity contribution in [1.82, 2.24) is 10.6 Å². The lowest BCUT2D eigenvalue weighted by Gasteiger charge is -2.38. The van der Waals surface area contributed by atoms with E-state index in [4.69, 9.17) is 9.47 Å². The second kappa shape index (κ2) is 9.01. The number of benzene rings is 1. The molecule has 0 saturated carbocycles. The molecule has 0 spiro atoms. The van der Waals surface area contributed by atoms with E-state index in [2.05, 4.69) is 10.6 Å². The Morgan fingerprint density at radius 2 is 1.81 bits per heavy atom. The number of amides is 2. The van der Waals surface area contributed by atoms with Gasteiger partial charge in [-0.05, 0) is 52.9 Å². The van der Waals surface area contributed by atoms with Crippen LogP contribution in [0.15, 0.2) is 41.1 Å². The summed E-state index contributed by atoms with van der Waals surface area (Å²) in [5, 5.41) is 9.35. The van der Waals surface area contributed by atoms with E-state index in [1.807, 2.05) is 41.1 Å². The second-order valence-corrected chi connectivity index (χ2v) is 7.40. The van der Waals surface area contributed by atoms with Gasteiger partial charge in [-0.15, -0.1) is 0 Å². The van der Waals surface area contributed by atoms with Crippen molar-refractivity contribution in [1.29, 1.82) is 0 Å². The lowest BCUT2D eigenvalue weighted by molar-refractivity contribution is -0.139. The van der Waals surface area contributed by atoms with Crippen molar-refractivity contribution >= 4 is 23.2 Å². The molecule has 1 fully saturated rings. The van der Waals surface area contributed by atoms with Gasteiger partial charge in [-0.1, -0.05) is 12.1 Å². The maximum Gasteiger partial charge on any atom is 0.309 e. The first-order valence-corrected chi connectivity index (χ1v) is 9.87. The SMILES string of the molecule is COc1ccc(C2(CNC(=O)C(=O)NCc3ccsc3)CCOCC2)cc1. The molecular weight excluding hydrogens is 364 g/mol. The summed E-state index contributed by atoms with van der Waals surface area (Å²) in [5.41, 5.74) is 1.86. The zero-order chi connectivity index (χ0) is 19.1. The van der Waals surface area contributed by atoms with E-state index in [-0.39, 0.29) is 5.41 Å². The van der Waals surface area contributed by atoms with E-state index in [1.54, 1.807) is 18.4 Å². The van der Waals surface area contributed by atoms with Crippen LogP contribution in [0, 0.1) is 0 Å². The van der Waals surface area contributed by atoms with E-state index < -0.39 is 11.8 Å². The first-order valence-electron chi connectivity index (χ1n) is 8.92. The fraction of sp³-hybridized carbons (Fsp3) is 0.400. The van der Waals surface area contributed by atoms with Crippen molar-refractivity contribution in [2.75, 3.05) is 26.9 Å². The monoisotopic (exact) mass is 388 g/mol. The quantitative estimate of drug-likeness (QED) is 0.744. The molecular formula is C20H24N2O4S. The molecule has 144 valence electrons. The van der Waals surface area contributed by atoms with Crippen LogP contribution in [-0.4, -0.2) is 38.7 Å². The normalized spacial score (nSPS) is 15.7. The smallest absolute Gasteiger partial charge is 0.309 e. The topological polar surface area (TPSA) is 76.7 Å². The molecule has 0 unspecified atom stereocenters. The van der Waals surface area contributed by atoms with Crippen molar-refractivity contribution in [3.05, 3.63) is 52.2 Å². The number of carbonyl (C=O) groups excluding carboxylic acids is 2. The highest BCUT2D eigenvalue weighted by molar-refractivity contribution is 7.07. The standard InChI is InChI=1S/C20H24N2O4S/c1-25-17-4-2-16(3-5-17)20(7-9-26-10-8-20)14-22-19(24)18(23)21-12-15-6-11-27-13-15/h2-6,11,13H,7-10,12,14H2,1H3,(H,21,23)(H,22,24). The van der Waals surface area contributed by atoms with Gasteiger partial charge in [0.1, 0.15) is 5.75 Å². The Hall–Kier alpha value is -2.38. The van der Waals surface area contributed by atoms with Crippen LogP contribution >= 0.6 is 11.3 Å². The third kappa shape index (κ3) is 4.87. The average molecular weight is 388 g/mol. The number of rotatable bonds is 6. The molecule has 2 N–H and O–H groups in total.